The van der Waals surface area contributed by atoms with Crippen molar-refractivity contribution in [1.29, 1.82) is 0 Å². The SMILES string of the molecule is COC(=O)c1ccc(C2C(C(=O)OC(C)C)=C(C)N=c3sc(=Cc4cn(-c5ccccc5)nc4-c4ccc(Cl)cc4)c(=O)n32)cc1. The van der Waals surface area contributed by atoms with Crippen LogP contribution in [0.25, 0.3) is 23.0 Å². The largest absolute Gasteiger partial charge is 0.465 e. The third kappa shape index (κ3) is 5.96. The molecule has 0 amide bonds. The summed E-state index contributed by atoms with van der Waals surface area (Å²) < 4.78 is 14.1. The second-order valence-electron chi connectivity index (χ2n) is 10.9. The lowest BCUT2D eigenvalue weighted by atomic mass is 9.95. The lowest BCUT2D eigenvalue weighted by Crippen LogP contribution is -2.40. The summed E-state index contributed by atoms with van der Waals surface area (Å²) in [5.41, 5.74) is 4.39. The lowest BCUT2D eigenvalue weighted by molar-refractivity contribution is -0.143. The highest BCUT2D eigenvalue weighted by Gasteiger charge is 2.34. The number of benzene rings is 3. The second kappa shape index (κ2) is 12.7. The van der Waals surface area contributed by atoms with Gasteiger partial charge >= 0.3 is 11.9 Å². The molecule has 9 nitrogen and oxygen atoms in total. The number of fused-ring (bicyclic) bond motifs is 1. The summed E-state index contributed by atoms with van der Waals surface area (Å²) in [6.45, 7) is 5.25. The van der Waals surface area contributed by atoms with Crippen LogP contribution < -0.4 is 14.9 Å². The molecule has 5 aromatic rings. The van der Waals surface area contributed by atoms with E-state index < -0.39 is 18.0 Å². The number of esters is 2. The predicted molar refractivity (Wildman–Crippen MR) is 177 cm³/mol. The lowest BCUT2D eigenvalue weighted by Gasteiger charge is -2.25. The number of rotatable bonds is 7. The molecule has 46 heavy (non-hydrogen) atoms. The Bertz CT molecular complexity index is 2160. The molecule has 2 aromatic heterocycles. The van der Waals surface area contributed by atoms with E-state index in [1.54, 1.807) is 67.9 Å². The molecule has 6 rings (SSSR count). The van der Waals surface area contributed by atoms with Crippen molar-refractivity contribution in [2.24, 2.45) is 4.99 Å². The summed E-state index contributed by atoms with van der Waals surface area (Å²) in [5.74, 6) is -1.06. The first-order valence-electron chi connectivity index (χ1n) is 14.5. The molecule has 0 fully saturated rings. The quantitative estimate of drug-likeness (QED) is 0.216. The van der Waals surface area contributed by atoms with Crippen molar-refractivity contribution in [3.8, 4) is 16.9 Å². The van der Waals surface area contributed by atoms with Crippen LogP contribution in [0.3, 0.4) is 0 Å². The van der Waals surface area contributed by atoms with Crippen LogP contribution in [-0.2, 0) is 14.3 Å². The van der Waals surface area contributed by atoms with E-state index in [1.165, 1.54) is 23.0 Å². The molecule has 0 radical (unpaired) electrons. The summed E-state index contributed by atoms with van der Waals surface area (Å²) in [4.78, 5) is 45.0. The molecule has 0 N–H and O–H groups in total. The maximum absolute atomic E-state index is 14.3. The molecule has 1 aliphatic rings. The minimum absolute atomic E-state index is 0.247. The fourth-order valence-corrected chi connectivity index (χ4v) is 6.44. The number of hydrogen-bond donors (Lipinski definition) is 0. The molecule has 3 heterocycles. The molecule has 0 saturated heterocycles. The Hall–Kier alpha value is -5.06. The maximum atomic E-state index is 14.3. The maximum Gasteiger partial charge on any atom is 0.338 e. The minimum atomic E-state index is -0.834. The number of halogens is 1. The number of thiazole rings is 1. The van der Waals surface area contributed by atoms with Crippen LogP contribution in [-0.4, -0.2) is 39.5 Å². The highest BCUT2D eigenvalue weighted by Crippen LogP contribution is 2.31. The average Bonchev–Trinajstić information content (AvgIpc) is 3.61. The number of aromatic nitrogens is 3. The van der Waals surface area contributed by atoms with Gasteiger partial charge in [-0.15, -0.1) is 0 Å². The first kappa shape index (κ1) is 30.9. The molecule has 1 unspecified atom stereocenters. The summed E-state index contributed by atoms with van der Waals surface area (Å²) in [6, 6.07) is 22.8. The number of methoxy groups -OCH3 is 1. The van der Waals surface area contributed by atoms with Crippen molar-refractivity contribution < 1.29 is 19.1 Å². The van der Waals surface area contributed by atoms with Crippen LogP contribution in [0.5, 0.6) is 0 Å². The molecular formula is C35H29ClN4O5S. The Morgan fingerprint density at radius 2 is 1.67 bits per heavy atom. The highest BCUT2D eigenvalue weighted by atomic mass is 35.5. The van der Waals surface area contributed by atoms with Gasteiger partial charge in [0.25, 0.3) is 5.56 Å². The summed E-state index contributed by atoms with van der Waals surface area (Å²) in [6.07, 6.45) is 3.28. The molecule has 0 saturated carbocycles. The van der Waals surface area contributed by atoms with Gasteiger partial charge in [-0.3, -0.25) is 9.36 Å². The molecule has 1 atom stereocenters. The van der Waals surface area contributed by atoms with Gasteiger partial charge in [0.2, 0.25) is 0 Å². The predicted octanol–water partition coefficient (Wildman–Crippen LogP) is 5.48. The average molecular weight is 653 g/mol. The zero-order chi connectivity index (χ0) is 32.5. The molecule has 232 valence electrons. The standard InChI is InChI=1S/C35H29ClN4O5S/c1-20(2)45-34(43)29-21(3)37-35-40(31(29)23-10-12-24(13-11-23)33(42)44-4)32(41)28(46-35)18-25-19-39(27-8-6-5-7-9-27)38-30(25)22-14-16-26(36)17-15-22/h5-20,31H,1-4H3. The molecule has 0 spiro atoms. The van der Waals surface area contributed by atoms with E-state index in [1.807, 2.05) is 48.7 Å². The van der Waals surface area contributed by atoms with E-state index in [2.05, 4.69) is 4.99 Å². The van der Waals surface area contributed by atoms with E-state index in [0.29, 0.717) is 42.4 Å². The molecule has 0 bridgehead atoms. The Balaban J connectivity index is 1.54. The molecule has 1 aliphatic heterocycles. The summed E-state index contributed by atoms with van der Waals surface area (Å²) >= 11 is 7.39. The molecule has 11 heteroatoms. The van der Waals surface area contributed by atoms with Gasteiger partial charge in [0.1, 0.15) is 5.69 Å². The number of ether oxygens (including phenoxy) is 2. The van der Waals surface area contributed by atoms with Crippen molar-refractivity contribution in [3.63, 3.8) is 0 Å². The third-order valence-corrected chi connectivity index (χ3v) is 8.63. The zero-order valence-corrected chi connectivity index (χ0v) is 27.0. The monoisotopic (exact) mass is 652 g/mol. The van der Waals surface area contributed by atoms with E-state index in [9.17, 15) is 14.4 Å². The van der Waals surface area contributed by atoms with Crippen molar-refractivity contribution in [2.75, 3.05) is 7.11 Å². The first-order valence-corrected chi connectivity index (χ1v) is 15.7. The zero-order valence-electron chi connectivity index (χ0n) is 25.4. The van der Waals surface area contributed by atoms with Gasteiger partial charge in [-0.25, -0.2) is 19.3 Å². The normalized spacial score (nSPS) is 14.7. The molecular weight excluding hydrogens is 624 g/mol. The van der Waals surface area contributed by atoms with Crippen LogP contribution in [0.2, 0.25) is 5.02 Å². The summed E-state index contributed by atoms with van der Waals surface area (Å²) in [7, 11) is 1.31. The van der Waals surface area contributed by atoms with Gasteiger partial charge in [-0.1, -0.05) is 65.4 Å². The Morgan fingerprint density at radius 1 is 0.978 bits per heavy atom. The smallest absolute Gasteiger partial charge is 0.338 e. The van der Waals surface area contributed by atoms with Crippen LogP contribution in [0.4, 0.5) is 0 Å². The van der Waals surface area contributed by atoms with E-state index in [0.717, 1.165) is 11.3 Å². The minimum Gasteiger partial charge on any atom is -0.465 e. The van der Waals surface area contributed by atoms with Crippen molar-refractivity contribution >= 4 is 41.0 Å². The van der Waals surface area contributed by atoms with Crippen LogP contribution in [0.1, 0.15) is 48.3 Å². The van der Waals surface area contributed by atoms with E-state index in [-0.39, 0.29) is 17.2 Å². The van der Waals surface area contributed by atoms with Gasteiger partial charge < -0.3 is 9.47 Å². The third-order valence-electron chi connectivity index (χ3n) is 7.40. The topological polar surface area (TPSA) is 105 Å². The van der Waals surface area contributed by atoms with Gasteiger partial charge in [0.15, 0.2) is 4.80 Å². The second-order valence-corrected chi connectivity index (χ2v) is 12.3. The first-order chi connectivity index (χ1) is 22.1. The fourth-order valence-electron chi connectivity index (χ4n) is 5.27. The van der Waals surface area contributed by atoms with E-state index in [4.69, 9.17) is 26.2 Å². The van der Waals surface area contributed by atoms with Crippen molar-refractivity contribution in [3.05, 3.63) is 138 Å². The number of allylic oxidation sites excluding steroid dienone is 1. The van der Waals surface area contributed by atoms with Crippen molar-refractivity contribution in [2.45, 2.75) is 32.9 Å². The Labute approximate surface area is 273 Å². The van der Waals surface area contributed by atoms with Crippen molar-refractivity contribution in [1.82, 2.24) is 14.3 Å². The van der Waals surface area contributed by atoms with Crippen LogP contribution >= 0.6 is 22.9 Å². The highest BCUT2D eigenvalue weighted by molar-refractivity contribution is 7.07. The van der Waals surface area contributed by atoms with Gasteiger partial charge in [-0.2, -0.15) is 5.10 Å². The summed E-state index contributed by atoms with van der Waals surface area (Å²) in [5, 5.41) is 5.46. The van der Waals surface area contributed by atoms with Crippen LogP contribution in [0, 0.1) is 0 Å². The fraction of sp³-hybridized carbons (Fsp3) is 0.171. The van der Waals surface area contributed by atoms with E-state index >= 15 is 0 Å². The number of carbonyl (C=O) groups is 2. The Morgan fingerprint density at radius 3 is 2.33 bits per heavy atom. The van der Waals surface area contributed by atoms with Gasteiger partial charge in [0, 0.05) is 22.3 Å². The van der Waals surface area contributed by atoms with Crippen LogP contribution in [0.15, 0.2) is 106 Å². The number of nitrogens with zero attached hydrogens (tertiary/aromatic N) is 4. The number of hydrogen-bond acceptors (Lipinski definition) is 8. The Kier molecular flexibility index (Phi) is 8.57. The van der Waals surface area contributed by atoms with Gasteiger partial charge in [-0.05, 0) is 68.8 Å². The number of carbonyl (C=O) groups excluding carboxylic acids is 2. The number of para-hydroxylation sites is 1. The molecule has 3 aromatic carbocycles. The van der Waals surface area contributed by atoms with Gasteiger partial charge in [0.05, 0.1) is 46.3 Å². The molecule has 0 aliphatic carbocycles.